The van der Waals surface area contributed by atoms with Crippen LogP contribution in [0.15, 0.2) is 42.3 Å². The van der Waals surface area contributed by atoms with E-state index in [0.29, 0.717) is 6.54 Å². The van der Waals surface area contributed by atoms with Crippen LogP contribution in [-0.2, 0) is 10.9 Å². The molecule has 4 nitrogen and oxygen atoms in total. The molecule has 0 spiro atoms. The normalized spacial score (nSPS) is 14.6. The number of amides is 1. The summed E-state index contributed by atoms with van der Waals surface area (Å²) in [5.74, 6) is 0.262. The zero-order valence-corrected chi connectivity index (χ0v) is 12.2. The molecule has 1 N–H and O–H groups in total. The van der Waals surface area contributed by atoms with Gasteiger partial charge in [0.15, 0.2) is 0 Å². The Morgan fingerprint density at radius 3 is 2.73 bits per heavy atom. The molecule has 1 aromatic carbocycles. The van der Waals surface area contributed by atoms with Gasteiger partial charge in [-0.05, 0) is 30.4 Å². The Morgan fingerprint density at radius 2 is 2.14 bits per heavy atom. The number of likely N-dealkylation sites (N-methyl/N-ethyl adjacent to an activating group) is 1. The second-order valence-electron chi connectivity index (χ2n) is 4.56. The number of halogens is 4. The first-order chi connectivity index (χ1) is 10.3. The van der Waals surface area contributed by atoms with Gasteiger partial charge in [0.1, 0.15) is 5.76 Å². The number of ether oxygens (including phenoxy) is 1. The summed E-state index contributed by atoms with van der Waals surface area (Å²) in [5.41, 5.74) is -1.45. The summed E-state index contributed by atoms with van der Waals surface area (Å²) in [6, 6.07) is 3.07. The number of nitrogens with one attached hydrogen (secondary N) is 1. The van der Waals surface area contributed by atoms with Gasteiger partial charge in [0.25, 0.3) is 0 Å². The lowest BCUT2D eigenvalue weighted by molar-refractivity contribution is -0.136. The molecule has 0 saturated carbocycles. The van der Waals surface area contributed by atoms with Gasteiger partial charge in [-0.25, -0.2) is 4.79 Å². The van der Waals surface area contributed by atoms with Crippen LogP contribution in [0.5, 0.6) is 0 Å². The fraction of sp³-hybridized carbons (Fsp3) is 0.214. The molecule has 1 heterocycles. The topological polar surface area (TPSA) is 41.6 Å². The van der Waals surface area contributed by atoms with Gasteiger partial charge in [-0.3, -0.25) is 5.32 Å². The number of carbonyl (C=O) groups excluding carboxylic acids is 1. The van der Waals surface area contributed by atoms with Crippen molar-refractivity contribution in [3.05, 3.63) is 52.9 Å². The molecule has 0 saturated heterocycles. The zero-order chi connectivity index (χ0) is 16.3. The largest absolute Gasteiger partial charge is 0.418 e. The number of hydrogen-bond acceptors (Lipinski definition) is 3. The number of benzene rings is 1. The maximum Gasteiger partial charge on any atom is 0.418 e. The predicted octanol–water partition coefficient (Wildman–Crippen LogP) is 4.25. The Hall–Kier alpha value is -2.15. The average Bonchev–Trinajstić information content (AvgIpc) is 2.42. The van der Waals surface area contributed by atoms with Crippen LogP contribution in [0.2, 0.25) is 5.02 Å². The molecule has 0 radical (unpaired) electrons. The van der Waals surface area contributed by atoms with Crippen molar-refractivity contribution in [3.63, 3.8) is 0 Å². The third-order valence-corrected chi connectivity index (χ3v) is 3.04. The summed E-state index contributed by atoms with van der Waals surface area (Å²) in [4.78, 5) is 13.5. The molecular weight excluding hydrogens is 321 g/mol. The molecule has 22 heavy (non-hydrogen) atoms. The maximum atomic E-state index is 12.9. The number of hydrogen-bond donors (Lipinski definition) is 1. The van der Waals surface area contributed by atoms with E-state index in [2.05, 4.69) is 5.32 Å². The van der Waals surface area contributed by atoms with E-state index in [9.17, 15) is 18.0 Å². The molecule has 118 valence electrons. The third kappa shape index (κ3) is 4.17. The van der Waals surface area contributed by atoms with E-state index in [1.807, 2.05) is 11.9 Å². The van der Waals surface area contributed by atoms with Gasteiger partial charge in [-0.15, -0.1) is 0 Å². The van der Waals surface area contributed by atoms with Gasteiger partial charge in [0, 0.05) is 24.8 Å². The van der Waals surface area contributed by atoms with Crippen LogP contribution in [0, 0.1) is 0 Å². The van der Waals surface area contributed by atoms with Crippen LogP contribution in [0.1, 0.15) is 5.56 Å². The first kappa shape index (κ1) is 16.2. The van der Waals surface area contributed by atoms with E-state index in [4.69, 9.17) is 16.3 Å². The lowest BCUT2D eigenvalue weighted by Gasteiger charge is -2.17. The van der Waals surface area contributed by atoms with Crippen LogP contribution >= 0.6 is 11.6 Å². The molecule has 1 amide bonds. The fourth-order valence-electron chi connectivity index (χ4n) is 1.74. The van der Waals surface area contributed by atoms with E-state index in [-0.39, 0.29) is 10.8 Å². The lowest BCUT2D eigenvalue weighted by Crippen LogP contribution is -2.19. The standard InChI is InChI=1S/C14H12ClF3N2O2/c1-20-6-4-10(5-7-20)22-13(21)19-12-3-2-9(15)8-11(12)14(16,17)18/h2-6,8H,7H2,1H3,(H,19,21). The Kier molecular flexibility index (Phi) is 4.65. The van der Waals surface area contributed by atoms with Crippen LogP contribution in [-0.4, -0.2) is 24.6 Å². The van der Waals surface area contributed by atoms with Gasteiger partial charge in [0.2, 0.25) is 0 Å². The summed E-state index contributed by atoms with van der Waals surface area (Å²) >= 11 is 5.56. The van der Waals surface area contributed by atoms with E-state index in [0.717, 1.165) is 12.1 Å². The van der Waals surface area contributed by atoms with Crippen molar-refractivity contribution in [2.45, 2.75) is 6.18 Å². The number of carbonyl (C=O) groups is 1. The first-order valence-corrected chi connectivity index (χ1v) is 6.57. The van der Waals surface area contributed by atoms with Crippen molar-refractivity contribution < 1.29 is 22.7 Å². The van der Waals surface area contributed by atoms with Gasteiger partial charge in [0.05, 0.1) is 11.3 Å². The van der Waals surface area contributed by atoms with Crippen molar-refractivity contribution in [1.82, 2.24) is 4.90 Å². The van der Waals surface area contributed by atoms with Crippen LogP contribution in [0.4, 0.5) is 23.7 Å². The predicted molar refractivity (Wildman–Crippen MR) is 76.4 cm³/mol. The summed E-state index contributed by atoms with van der Waals surface area (Å²) in [5, 5.41) is 2.00. The number of rotatable bonds is 2. The van der Waals surface area contributed by atoms with Gasteiger partial charge < -0.3 is 9.64 Å². The highest BCUT2D eigenvalue weighted by Crippen LogP contribution is 2.36. The smallest absolute Gasteiger partial charge is 0.410 e. The molecule has 1 aromatic rings. The fourth-order valence-corrected chi connectivity index (χ4v) is 1.91. The second kappa shape index (κ2) is 6.31. The van der Waals surface area contributed by atoms with E-state index >= 15 is 0 Å². The molecular formula is C14H12ClF3N2O2. The second-order valence-corrected chi connectivity index (χ2v) is 5.00. The molecule has 8 heteroatoms. The third-order valence-electron chi connectivity index (χ3n) is 2.81. The first-order valence-electron chi connectivity index (χ1n) is 6.20. The molecule has 1 aliphatic rings. The van der Waals surface area contributed by atoms with Crippen molar-refractivity contribution in [1.29, 1.82) is 0 Å². The molecule has 1 aliphatic heterocycles. The average molecular weight is 333 g/mol. The monoisotopic (exact) mass is 332 g/mol. The van der Waals surface area contributed by atoms with Crippen LogP contribution < -0.4 is 5.32 Å². The summed E-state index contributed by atoms with van der Waals surface area (Å²) in [6.45, 7) is 0.536. The molecule has 0 fully saturated rings. The van der Waals surface area contributed by atoms with Gasteiger partial charge in [-0.2, -0.15) is 13.2 Å². The van der Waals surface area contributed by atoms with Crippen molar-refractivity contribution >= 4 is 23.4 Å². The van der Waals surface area contributed by atoms with Gasteiger partial charge in [-0.1, -0.05) is 11.6 Å². The number of anilines is 1. The van der Waals surface area contributed by atoms with Crippen LogP contribution in [0.25, 0.3) is 0 Å². The summed E-state index contributed by atoms with van der Waals surface area (Å²) in [6.07, 6.45) is -0.790. The quantitative estimate of drug-likeness (QED) is 0.880. The molecule has 2 rings (SSSR count). The minimum absolute atomic E-state index is 0.0767. The van der Waals surface area contributed by atoms with Crippen molar-refractivity contribution in [3.8, 4) is 0 Å². The molecule has 0 bridgehead atoms. The highest BCUT2D eigenvalue weighted by Gasteiger charge is 2.34. The number of allylic oxidation sites excluding steroid dienone is 1. The Balaban J connectivity index is 2.11. The van der Waals surface area contributed by atoms with Crippen LogP contribution in [0.3, 0.4) is 0 Å². The zero-order valence-electron chi connectivity index (χ0n) is 11.4. The Bertz CT molecular complexity index is 641. The maximum absolute atomic E-state index is 12.9. The van der Waals surface area contributed by atoms with E-state index < -0.39 is 23.5 Å². The molecule has 0 atom stereocenters. The Labute approximate surface area is 129 Å². The Morgan fingerprint density at radius 1 is 1.41 bits per heavy atom. The minimum Gasteiger partial charge on any atom is -0.410 e. The summed E-state index contributed by atoms with van der Waals surface area (Å²) in [7, 11) is 1.83. The number of nitrogens with zero attached hydrogens (tertiary/aromatic N) is 1. The molecule has 0 unspecified atom stereocenters. The van der Waals surface area contributed by atoms with E-state index in [1.54, 1.807) is 12.3 Å². The van der Waals surface area contributed by atoms with Gasteiger partial charge >= 0.3 is 12.3 Å². The highest BCUT2D eigenvalue weighted by atomic mass is 35.5. The SMILES string of the molecule is CN1C=CC(OC(=O)Nc2ccc(Cl)cc2C(F)(F)F)=CC1. The van der Waals surface area contributed by atoms with Crippen molar-refractivity contribution in [2.75, 3.05) is 18.9 Å². The summed E-state index contributed by atoms with van der Waals surface area (Å²) < 4.78 is 43.6. The molecule has 0 aromatic heterocycles. The van der Waals surface area contributed by atoms with E-state index in [1.165, 1.54) is 12.1 Å². The minimum atomic E-state index is -4.64. The molecule has 0 aliphatic carbocycles. The number of alkyl halides is 3. The highest BCUT2D eigenvalue weighted by molar-refractivity contribution is 6.30. The van der Waals surface area contributed by atoms with Crippen molar-refractivity contribution in [2.24, 2.45) is 0 Å². The lowest BCUT2D eigenvalue weighted by atomic mass is 10.1.